The molecule has 1 amide bonds. The van der Waals surface area contributed by atoms with Crippen molar-refractivity contribution in [1.82, 2.24) is 14.1 Å². The fourth-order valence-corrected chi connectivity index (χ4v) is 4.34. The van der Waals surface area contributed by atoms with Crippen LogP contribution in [-0.4, -0.2) is 28.4 Å². The van der Waals surface area contributed by atoms with Gasteiger partial charge in [-0.15, -0.1) is 0 Å². The summed E-state index contributed by atoms with van der Waals surface area (Å²) in [7, 11) is -1.06. The van der Waals surface area contributed by atoms with E-state index in [1.807, 2.05) is 0 Å². The molecule has 0 aliphatic carbocycles. The maximum atomic E-state index is 13.9. The predicted octanol–water partition coefficient (Wildman–Crippen LogP) is 2.46. The molecule has 164 valence electrons. The highest BCUT2D eigenvalue weighted by Crippen LogP contribution is 2.27. The third-order valence-corrected chi connectivity index (χ3v) is 6.29. The highest BCUT2D eigenvalue weighted by atomic mass is 32.2. The number of nitrogens with one attached hydrogen (secondary N) is 2. The predicted molar refractivity (Wildman–Crippen MR) is 118 cm³/mol. The molecule has 9 nitrogen and oxygen atoms in total. The normalized spacial score (nSPS) is 11.5. The van der Waals surface area contributed by atoms with Gasteiger partial charge >= 0.3 is 5.69 Å². The number of hydrogen-bond acceptors (Lipinski definition) is 5. The zero-order chi connectivity index (χ0) is 23.0. The second-order valence-corrected chi connectivity index (χ2v) is 8.70. The number of hydrogen-bond donors (Lipinski definition) is 2. The number of carbonyl (C=O) groups excluding carboxylic acids is 1. The Morgan fingerprint density at radius 2 is 1.72 bits per heavy atom. The van der Waals surface area contributed by atoms with Crippen LogP contribution in [0, 0.1) is 5.82 Å². The number of nitrogens with zero attached hydrogens (tertiary/aromatic N) is 3. The number of benzene rings is 2. The molecule has 0 spiro atoms. The second-order valence-electron chi connectivity index (χ2n) is 7.02. The molecule has 0 aliphatic heterocycles. The molecule has 4 aromatic rings. The van der Waals surface area contributed by atoms with E-state index in [1.54, 1.807) is 19.2 Å². The molecular formula is C21H18FN5O4S. The SMILES string of the molecule is Cn1c(=O)n(C)c2cc(S(=O)(=O)Nc3cc(F)ccc3NC(=O)c3ccccn3)ccc21. The number of rotatable bonds is 5. The van der Waals surface area contributed by atoms with Crippen LogP contribution in [-0.2, 0) is 24.1 Å². The van der Waals surface area contributed by atoms with Crippen molar-refractivity contribution in [2.75, 3.05) is 10.0 Å². The zero-order valence-corrected chi connectivity index (χ0v) is 17.9. The molecule has 0 unspecified atom stereocenters. The molecule has 0 radical (unpaired) electrons. The Balaban J connectivity index is 1.70. The zero-order valence-electron chi connectivity index (χ0n) is 17.0. The third-order valence-electron chi connectivity index (χ3n) is 4.93. The number of aromatic nitrogens is 3. The lowest BCUT2D eigenvalue weighted by atomic mass is 10.2. The summed E-state index contributed by atoms with van der Waals surface area (Å²) in [5, 5.41) is 2.53. The van der Waals surface area contributed by atoms with Gasteiger partial charge in [-0.3, -0.25) is 23.6 Å². The Labute approximate surface area is 182 Å². The number of amides is 1. The topological polar surface area (TPSA) is 115 Å². The van der Waals surface area contributed by atoms with Gasteiger partial charge in [0.15, 0.2) is 0 Å². The molecule has 2 heterocycles. The summed E-state index contributed by atoms with van der Waals surface area (Å²) in [5.41, 5.74) is 0.692. The van der Waals surface area contributed by atoms with Crippen molar-refractivity contribution in [1.29, 1.82) is 0 Å². The van der Waals surface area contributed by atoms with Gasteiger partial charge in [-0.2, -0.15) is 0 Å². The fraction of sp³-hybridized carbons (Fsp3) is 0.0952. The smallest absolute Gasteiger partial charge is 0.319 e. The largest absolute Gasteiger partial charge is 0.328 e. The molecule has 0 saturated carbocycles. The van der Waals surface area contributed by atoms with E-state index in [1.165, 1.54) is 52.7 Å². The number of sulfonamides is 1. The average molecular weight is 455 g/mol. The first kappa shape index (κ1) is 21.2. The fourth-order valence-electron chi connectivity index (χ4n) is 3.25. The van der Waals surface area contributed by atoms with Crippen LogP contribution in [0.1, 0.15) is 10.5 Å². The van der Waals surface area contributed by atoms with E-state index >= 15 is 0 Å². The summed E-state index contributed by atoms with van der Waals surface area (Å²) in [6, 6.07) is 12.3. The molecule has 0 bridgehead atoms. The summed E-state index contributed by atoms with van der Waals surface area (Å²) in [4.78, 5) is 28.3. The summed E-state index contributed by atoms with van der Waals surface area (Å²) in [6.45, 7) is 0. The van der Waals surface area contributed by atoms with Crippen LogP contribution >= 0.6 is 0 Å². The van der Waals surface area contributed by atoms with Crippen molar-refractivity contribution in [2.45, 2.75) is 4.90 Å². The lowest BCUT2D eigenvalue weighted by Crippen LogP contribution is -2.19. The number of pyridine rings is 1. The van der Waals surface area contributed by atoms with Crippen LogP contribution in [0.4, 0.5) is 15.8 Å². The van der Waals surface area contributed by atoms with Gasteiger partial charge in [0.1, 0.15) is 11.5 Å². The van der Waals surface area contributed by atoms with Gasteiger partial charge in [-0.25, -0.2) is 17.6 Å². The standard InChI is InChI=1S/C21H18FN5O4S/c1-26-18-9-7-14(12-19(18)27(2)21(26)29)32(30,31)25-17-11-13(22)6-8-15(17)24-20(28)16-5-3-4-10-23-16/h3-12,25H,1-2H3,(H,24,28). The van der Waals surface area contributed by atoms with Gasteiger partial charge in [0.25, 0.3) is 15.9 Å². The lowest BCUT2D eigenvalue weighted by Gasteiger charge is -2.14. The summed E-state index contributed by atoms with van der Waals surface area (Å²) < 4.78 is 45.0. The molecule has 11 heteroatoms. The maximum absolute atomic E-state index is 13.9. The Kier molecular flexibility index (Phi) is 5.26. The van der Waals surface area contributed by atoms with Crippen molar-refractivity contribution in [3.8, 4) is 0 Å². The van der Waals surface area contributed by atoms with Crippen LogP contribution < -0.4 is 15.7 Å². The van der Waals surface area contributed by atoms with Gasteiger partial charge in [0, 0.05) is 26.4 Å². The number of imidazole rings is 1. The number of aryl methyl sites for hydroxylation is 2. The first-order chi connectivity index (χ1) is 15.2. The van der Waals surface area contributed by atoms with Crippen molar-refractivity contribution in [3.05, 3.63) is 82.8 Å². The minimum absolute atomic E-state index is 0.0545. The van der Waals surface area contributed by atoms with Crippen molar-refractivity contribution >= 4 is 38.3 Å². The number of fused-ring (bicyclic) bond motifs is 1. The van der Waals surface area contributed by atoms with Crippen molar-refractivity contribution in [2.24, 2.45) is 14.1 Å². The van der Waals surface area contributed by atoms with Gasteiger partial charge in [-0.05, 0) is 42.5 Å². The van der Waals surface area contributed by atoms with Crippen LogP contribution in [0.3, 0.4) is 0 Å². The van der Waals surface area contributed by atoms with E-state index in [9.17, 15) is 22.4 Å². The molecule has 0 atom stereocenters. The molecule has 32 heavy (non-hydrogen) atoms. The van der Waals surface area contributed by atoms with Crippen LogP contribution in [0.25, 0.3) is 11.0 Å². The highest BCUT2D eigenvalue weighted by Gasteiger charge is 2.20. The van der Waals surface area contributed by atoms with Crippen LogP contribution in [0.2, 0.25) is 0 Å². The number of carbonyl (C=O) groups is 1. The third kappa shape index (κ3) is 3.85. The molecule has 0 saturated heterocycles. The van der Waals surface area contributed by atoms with E-state index in [0.717, 1.165) is 12.1 Å². The molecule has 2 aromatic heterocycles. The Morgan fingerprint density at radius 1 is 0.969 bits per heavy atom. The molecule has 0 fully saturated rings. The Bertz CT molecular complexity index is 1510. The lowest BCUT2D eigenvalue weighted by molar-refractivity contribution is 0.102. The molecule has 2 N–H and O–H groups in total. The van der Waals surface area contributed by atoms with Gasteiger partial charge < -0.3 is 5.32 Å². The maximum Gasteiger partial charge on any atom is 0.328 e. The Morgan fingerprint density at radius 3 is 2.44 bits per heavy atom. The molecule has 0 aliphatic rings. The number of halogens is 1. The Hall–Kier alpha value is -3.99. The first-order valence-electron chi connectivity index (χ1n) is 9.37. The molecular weight excluding hydrogens is 437 g/mol. The van der Waals surface area contributed by atoms with Crippen LogP contribution in [0.5, 0.6) is 0 Å². The van der Waals surface area contributed by atoms with E-state index in [2.05, 4.69) is 15.0 Å². The van der Waals surface area contributed by atoms with Crippen molar-refractivity contribution in [3.63, 3.8) is 0 Å². The number of anilines is 2. The van der Waals surface area contributed by atoms with E-state index in [-0.39, 0.29) is 27.7 Å². The van der Waals surface area contributed by atoms with Gasteiger partial charge in [0.2, 0.25) is 0 Å². The molecule has 4 rings (SSSR count). The highest BCUT2D eigenvalue weighted by molar-refractivity contribution is 7.92. The summed E-state index contributed by atoms with van der Waals surface area (Å²) in [5.74, 6) is -1.28. The minimum Gasteiger partial charge on any atom is -0.319 e. The first-order valence-corrected chi connectivity index (χ1v) is 10.9. The van der Waals surface area contributed by atoms with Crippen LogP contribution in [0.15, 0.2) is 70.5 Å². The summed E-state index contributed by atoms with van der Waals surface area (Å²) in [6.07, 6.45) is 1.44. The van der Waals surface area contributed by atoms with Gasteiger partial charge in [0.05, 0.1) is 27.3 Å². The van der Waals surface area contributed by atoms with E-state index in [0.29, 0.717) is 11.0 Å². The quantitative estimate of drug-likeness (QED) is 0.480. The van der Waals surface area contributed by atoms with Crippen molar-refractivity contribution < 1.29 is 17.6 Å². The van der Waals surface area contributed by atoms with E-state index < -0.39 is 21.7 Å². The molecule has 2 aromatic carbocycles. The van der Waals surface area contributed by atoms with E-state index in [4.69, 9.17) is 0 Å². The van der Waals surface area contributed by atoms with Gasteiger partial charge in [-0.1, -0.05) is 6.07 Å². The second kappa shape index (κ2) is 7.93. The average Bonchev–Trinajstić information content (AvgIpc) is 2.99. The summed E-state index contributed by atoms with van der Waals surface area (Å²) >= 11 is 0. The monoisotopic (exact) mass is 455 g/mol. The minimum atomic E-state index is -4.17.